The summed E-state index contributed by atoms with van der Waals surface area (Å²) >= 11 is 5.15. The first-order chi connectivity index (χ1) is 15.3. The van der Waals surface area contributed by atoms with Crippen LogP contribution < -0.4 is 24.8 Å². The fourth-order valence-corrected chi connectivity index (χ4v) is 3.13. The van der Waals surface area contributed by atoms with Gasteiger partial charge in [-0.3, -0.25) is 10.1 Å². The molecule has 0 spiro atoms. The summed E-state index contributed by atoms with van der Waals surface area (Å²) in [5.41, 5.74) is 1.54. The molecule has 2 N–H and O–H groups in total. The Kier molecular flexibility index (Phi) is 5.87. The Morgan fingerprint density at radius 2 is 1.62 bits per heavy atom. The lowest BCUT2D eigenvalue weighted by Gasteiger charge is -2.11. The highest BCUT2D eigenvalue weighted by atomic mass is 32.1. The molecule has 0 fully saturated rings. The molecule has 0 saturated carbocycles. The molecule has 1 aliphatic rings. The van der Waals surface area contributed by atoms with Crippen molar-refractivity contribution in [2.45, 2.75) is 12.7 Å². The van der Waals surface area contributed by atoms with Crippen molar-refractivity contribution in [1.82, 2.24) is 5.32 Å². The van der Waals surface area contributed by atoms with Crippen molar-refractivity contribution < 1.29 is 32.2 Å². The van der Waals surface area contributed by atoms with Crippen LogP contribution in [0.15, 0.2) is 72.8 Å². The van der Waals surface area contributed by atoms with Crippen LogP contribution in [0.1, 0.15) is 22.2 Å². The maximum Gasteiger partial charge on any atom is 0.573 e. The van der Waals surface area contributed by atoms with Crippen LogP contribution in [-0.2, 0) is 0 Å². The summed E-state index contributed by atoms with van der Waals surface area (Å²) < 4.78 is 52.1. The number of hydrogen-bond acceptors (Lipinski definition) is 5. The quantitative estimate of drug-likeness (QED) is 0.523. The SMILES string of the molecule is O=C(NC(=S)Nc1ccc2c(c1)OC(c1ccccc1)O2)c1ccc(OC(F)(F)F)cc1. The first kappa shape index (κ1) is 21.4. The predicted octanol–water partition coefficient (Wildman–Crippen LogP) is 5.18. The number of alkyl halides is 3. The van der Waals surface area contributed by atoms with Crippen molar-refractivity contribution in [2.24, 2.45) is 0 Å². The highest BCUT2D eigenvalue weighted by Crippen LogP contribution is 2.41. The van der Waals surface area contributed by atoms with Gasteiger partial charge < -0.3 is 19.5 Å². The number of hydrogen-bond donors (Lipinski definition) is 2. The fraction of sp³-hybridized carbons (Fsp3) is 0.0909. The van der Waals surface area contributed by atoms with Crippen molar-refractivity contribution in [2.75, 3.05) is 5.32 Å². The molecule has 3 aromatic rings. The molecule has 0 aliphatic carbocycles. The lowest BCUT2D eigenvalue weighted by atomic mass is 10.2. The standard InChI is InChI=1S/C22H15F3N2O4S/c23-22(24,25)31-16-9-6-13(7-10-16)19(28)27-21(32)26-15-8-11-17-18(12-15)30-20(29-17)14-4-2-1-3-5-14/h1-12,20H,(H2,26,27,28,32). The summed E-state index contributed by atoms with van der Waals surface area (Å²) in [6.07, 6.45) is -5.36. The van der Waals surface area contributed by atoms with Gasteiger partial charge in [0, 0.05) is 22.9 Å². The molecular weight excluding hydrogens is 445 g/mol. The number of halogens is 3. The Labute approximate surface area is 185 Å². The van der Waals surface area contributed by atoms with Gasteiger partial charge >= 0.3 is 6.36 Å². The first-order valence-electron chi connectivity index (χ1n) is 9.27. The summed E-state index contributed by atoms with van der Waals surface area (Å²) in [5.74, 6) is 0.0635. The topological polar surface area (TPSA) is 68.8 Å². The number of ether oxygens (including phenoxy) is 3. The highest BCUT2D eigenvalue weighted by Gasteiger charge is 2.31. The van der Waals surface area contributed by atoms with Gasteiger partial charge in [0.1, 0.15) is 5.75 Å². The lowest BCUT2D eigenvalue weighted by molar-refractivity contribution is -0.274. The Morgan fingerprint density at radius 1 is 0.938 bits per heavy atom. The van der Waals surface area contributed by atoms with Gasteiger partial charge in [0.05, 0.1) is 0 Å². The van der Waals surface area contributed by atoms with E-state index in [1.54, 1.807) is 18.2 Å². The van der Waals surface area contributed by atoms with Crippen LogP contribution in [0.3, 0.4) is 0 Å². The van der Waals surface area contributed by atoms with Crippen LogP contribution in [0.4, 0.5) is 18.9 Å². The Morgan fingerprint density at radius 3 is 2.31 bits per heavy atom. The van der Waals surface area contributed by atoms with E-state index in [-0.39, 0.29) is 10.7 Å². The fourth-order valence-electron chi connectivity index (χ4n) is 2.92. The summed E-state index contributed by atoms with van der Waals surface area (Å²) in [7, 11) is 0. The largest absolute Gasteiger partial charge is 0.573 e. The van der Waals surface area contributed by atoms with Crippen molar-refractivity contribution >= 4 is 28.9 Å². The van der Waals surface area contributed by atoms with E-state index in [1.807, 2.05) is 30.3 Å². The van der Waals surface area contributed by atoms with Crippen molar-refractivity contribution in [3.8, 4) is 17.2 Å². The number of carbonyl (C=O) groups is 1. The molecule has 3 aromatic carbocycles. The number of fused-ring (bicyclic) bond motifs is 1. The molecule has 32 heavy (non-hydrogen) atoms. The maximum absolute atomic E-state index is 12.3. The van der Waals surface area contributed by atoms with E-state index in [0.717, 1.165) is 17.7 Å². The Balaban J connectivity index is 1.35. The van der Waals surface area contributed by atoms with Gasteiger partial charge in [-0.25, -0.2) is 0 Å². The van der Waals surface area contributed by atoms with Crippen molar-refractivity contribution in [3.63, 3.8) is 0 Å². The second-order valence-corrected chi connectivity index (χ2v) is 7.03. The zero-order chi connectivity index (χ0) is 22.7. The van der Waals surface area contributed by atoms with E-state index in [9.17, 15) is 18.0 Å². The van der Waals surface area contributed by atoms with Crippen LogP contribution >= 0.6 is 12.2 Å². The molecular formula is C22H15F3N2O4S. The summed E-state index contributed by atoms with van der Waals surface area (Å²) in [4.78, 5) is 12.3. The Hall–Kier alpha value is -3.79. The molecule has 1 atom stereocenters. The van der Waals surface area contributed by atoms with Gasteiger partial charge in [-0.15, -0.1) is 13.2 Å². The molecule has 1 aliphatic heterocycles. The molecule has 1 heterocycles. The van der Waals surface area contributed by atoms with E-state index < -0.39 is 24.3 Å². The zero-order valence-corrected chi connectivity index (χ0v) is 17.0. The van der Waals surface area contributed by atoms with Crippen LogP contribution in [0.25, 0.3) is 0 Å². The molecule has 4 rings (SSSR count). The Bertz CT molecular complexity index is 1140. The van der Waals surface area contributed by atoms with E-state index in [1.165, 1.54) is 12.1 Å². The van der Waals surface area contributed by atoms with Crippen LogP contribution in [0, 0.1) is 0 Å². The minimum absolute atomic E-state index is 0.00379. The number of benzene rings is 3. The summed E-state index contributed by atoms with van der Waals surface area (Å²) in [5, 5.41) is 5.32. The first-order valence-corrected chi connectivity index (χ1v) is 9.68. The number of thiocarbonyl (C=S) groups is 1. The number of nitrogens with one attached hydrogen (secondary N) is 2. The van der Waals surface area contributed by atoms with E-state index in [4.69, 9.17) is 21.7 Å². The van der Waals surface area contributed by atoms with E-state index in [0.29, 0.717) is 17.2 Å². The average molecular weight is 460 g/mol. The normalized spacial score (nSPS) is 14.5. The van der Waals surface area contributed by atoms with Crippen LogP contribution in [0.2, 0.25) is 0 Å². The predicted molar refractivity (Wildman–Crippen MR) is 114 cm³/mol. The van der Waals surface area contributed by atoms with Crippen LogP contribution in [0.5, 0.6) is 17.2 Å². The van der Waals surface area contributed by atoms with Gasteiger partial charge in [0.2, 0.25) is 0 Å². The monoisotopic (exact) mass is 460 g/mol. The van der Waals surface area contributed by atoms with Crippen LogP contribution in [-0.4, -0.2) is 17.4 Å². The third kappa shape index (κ3) is 5.27. The third-order valence-corrected chi connectivity index (χ3v) is 4.52. The number of rotatable bonds is 4. The highest BCUT2D eigenvalue weighted by molar-refractivity contribution is 7.80. The molecule has 0 bridgehead atoms. The van der Waals surface area contributed by atoms with Gasteiger partial charge in [0.15, 0.2) is 16.6 Å². The lowest BCUT2D eigenvalue weighted by Crippen LogP contribution is -2.34. The molecule has 1 amide bonds. The van der Waals surface area contributed by atoms with Crippen molar-refractivity contribution in [1.29, 1.82) is 0 Å². The number of amides is 1. The van der Waals surface area contributed by atoms with Gasteiger partial charge in [-0.2, -0.15) is 0 Å². The van der Waals surface area contributed by atoms with Gasteiger partial charge in [-0.1, -0.05) is 30.3 Å². The smallest absolute Gasteiger partial charge is 0.447 e. The van der Waals surface area contributed by atoms with E-state index in [2.05, 4.69) is 15.4 Å². The molecule has 0 aromatic heterocycles. The second kappa shape index (κ2) is 8.75. The molecule has 6 nitrogen and oxygen atoms in total. The molecule has 0 saturated heterocycles. The molecule has 164 valence electrons. The van der Waals surface area contributed by atoms with Gasteiger partial charge in [-0.05, 0) is 48.6 Å². The molecule has 0 radical (unpaired) electrons. The van der Waals surface area contributed by atoms with E-state index >= 15 is 0 Å². The number of anilines is 1. The second-order valence-electron chi connectivity index (χ2n) is 6.62. The van der Waals surface area contributed by atoms with Gasteiger partial charge in [0.25, 0.3) is 12.2 Å². The average Bonchev–Trinajstić information content (AvgIpc) is 3.17. The molecule has 1 unspecified atom stereocenters. The minimum Gasteiger partial charge on any atom is -0.447 e. The van der Waals surface area contributed by atoms with Crippen molar-refractivity contribution in [3.05, 3.63) is 83.9 Å². The summed E-state index contributed by atoms with van der Waals surface area (Å²) in [6.45, 7) is 0. The zero-order valence-electron chi connectivity index (χ0n) is 16.2. The maximum atomic E-state index is 12.3. The number of carbonyl (C=O) groups excluding carboxylic acids is 1. The molecule has 10 heteroatoms. The third-order valence-electron chi connectivity index (χ3n) is 4.32. The summed E-state index contributed by atoms with van der Waals surface area (Å²) in [6, 6.07) is 19.0. The minimum atomic E-state index is -4.80.